The zero-order chi connectivity index (χ0) is 8.31. The number of rotatable bonds is 3. The molecular weight excluding hydrogens is 128 g/mol. The Morgan fingerprint density at radius 1 is 1.10 bits per heavy atom. The molecule has 58 valence electrons. The first kappa shape index (κ1) is 8.94. The highest BCUT2D eigenvalue weighted by Gasteiger charge is 2.18. The molecule has 0 atom stereocenters. The van der Waals surface area contributed by atoms with Crippen molar-refractivity contribution in [1.82, 2.24) is 0 Å². The van der Waals surface area contributed by atoms with Gasteiger partial charge < -0.3 is 11.5 Å². The molecule has 0 amide bonds. The van der Waals surface area contributed by atoms with Gasteiger partial charge in [0.1, 0.15) is 11.7 Å². The standard InChI is InChI=1S/C6H14N4/c1-3(2)4(5(7)8)6(9)10/h3-4H,1-2H3,(H3,7,8)(H3,9,10). The van der Waals surface area contributed by atoms with Crippen LogP contribution in [0.5, 0.6) is 0 Å². The van der Waals surface area contributed by atoms with Crippen molar-refractivity contribution in [3.63, 3.8) is 0 Å². The van der Waals surface area contributed by atoms with E-state index in [9.17, 15) is 0 Å². The molecular formula is C6H14N4. The van der Waals surface area contributed by atoms with Crippen molar-refractivity contribution in [2.75, 3.05) is 0 Å². The quantitative estimate of drug-likeness (QED) is 0.332. The predicted molar refractivity (Wildman–Crippen MR) is 42.2 cm³/mol. The molecule has 0 aliphatic heterocycles. The van der Waals surface area contributed by atoms with Crippen molar-refractivity contribution < 1.29 is 0 Å². The number of nitrogens with one attached hydrogen (secondary N) is 2. The molecule has 0 saturated heterocycles. The molecule has 0 radical (unpaired) electrons. The van der Waals surface area contributed by atoms with E-state index >= 15 is 0 Å². The predicted octanol–water partition coefficient (Wildman–Crippen LogP) is 0.131. The lowest BCUT2D eigenvalue weighted by molar-refractivity contribution is 0.591. The van der Waals surface area contributed by atoms with Crippen molar-refractivity contribution in [3.8, 4) is 0 Å². The van der Waals surface area contributed by atoms with Crippen LogP contribution in [0.2, 0.25) is 0 Å². The van der Waals surface area contributed by atoms with Gasteiger partial charge in [-0.2, -0.15) is 0 Å². The molecule has 0 rings (SSSR count). The summed E-state index contributed by atoms with van der Waals surface area (Å²) < 4.78 is 0. The largest absolute Gasteiger partial charge is 0.387 e. The summed E-state index contributed by atoms with van der Waals surface area (Å²) in [5.74, 6) is -0.306. The molecule has 0 unspecified atom stereocenters. The van der Waals surface area contributed by atoms with Gasteiger partial charge in [0.25, 0.3) is 0 Å². The smallest absolute Gasteiger partial charge is 0.102 e. The van der Waals surface area contributed by atoms with Crippen molar-refractivity contribution in [2.45, 2.75) is 13.8 Å². The Labute approximate surface area is 60.6 Å². The second-order valence-electron chi connectivity index (χ2n) is 2.63. The molecule has 0 heterocycles. The minimum absolute atomic E-state index is 0.0255. The molecule has 0 spiro atoms. The number of amidine groups is 2. The Balaban J connectivity index is 4.27. The van der Waals surface area contributed by atoms with E-state index in [2.05, 4.69) is 0 Å². The molecule has 0 fully saturated rings. The van der Waals surface area contributed by atoms with E-state index in [1.807, 2.05) is 13.8 Å². The lowest BCUT2D eigenvalue weighted by atomic mass is 9.94. The van der Waals surface area contributed by atoms with Gasteiger partial charge in [-0.25, -0.2) is 0 Å². The molecule has 4 heteroatoms. The average Bonchev–Trinajstić information content (AvgIpc) is 1.59. The van der Waals surface area contributed by atoms with E-state index in [0.29, 0.717) is 0 Å². The molecule has 0 aromatic heterocycles. The third kappa shape index (κ3) is 2.05. The first-order valence-corrected chi connectivity index (χ1v) is 3.14. The van der Waals surface area contributed by atoms with Crippen LogP contribution in [0.3, 0.4) is 0 Å². The fourth-order valence-corrected chi connectivity index (χ4v) is 0.886. The maximum atomic E-state index is 7.07. The third-order valence-corrected chi connectivity index (χ3v) is 1.34. The summed E-state index contributed by atoms with van der Waals surface area (Å²) in [6.07, 6.45) is 0. The maximum Gasteiger partial charge on any atom is 0.102 e. The van der Waals surface area contributed by atoms with Crippen LogP contribution in [0.4, 0.5) is 0 Å². The molecule has 4 nitrogen and oxygen atoms in total. The minimum Gasteiger partial charge on any atom is -0.387 e. The lowest BCUT2D eigenvalue weighted by Gasteiger charge is -2.16. The topological polar surface area (TPSA) is 99.7 Å². The number of nitrogens with two attached hydrogens (primary N) is 2. The second kappa shape index (κ2) is 3.20. The summed E-state index contributed by atoms with van der Waals surface area (Å²) in [7, 11) is 0. The monoisotopic (exact) mass is 142 g/mol. The highest BCUT2D eigenvalue weighted by molar-refractivity contribution is 6.01. The van der Waals surface area contributed by atoms with Gasteiger partial charge in [-0.05, 0) is 5.92 Å². The molecule has 0 aliphatic carbocycles. The molecule has 0 saturated carbocycles. The average molecular weight is 142 g/mol. The summed E-state index contributed by atoms with van der Waals surface area (Å²) in [4.78, 5) is 0. The van der Waals surface area contributed by atoms with Crippen molar-refractivity contribution >= 4 is 11.7 Å². The first-order chi connectivity index (χ1) is 4.46. The summed E-state index contributed by atoms with van der Waals surface area (Å²) >= 11 is 0. The van der Waals surface area contributed by atoms with Gasteiger partial charge in [0, 0.05) is 0 Å². The number of hydrogen-bond acceptors (Lipinski definition) is 2. The van der Waals surface area contributed by atoms with Gasteiger partial charge in [-0.1, -0.05) is 13.8 Å². The van der Waals surface area contributed by atoms with Crippen LogP contribution in [0.25, 0.3) is 0 Å². The SMILES string of the molecule is CC(C)C(C(=N)N)C(=N)N. The van der Waals surface area contributed by atoms with Gasteiger partial charge in [0.15, 0.2) is 0 Å². The molecule has 0 bridgehead atoms. The van der Waals surface area contributed by atoms with Crippen LogP contribution in [-0.2, 0) is 0 Å². The van der Waals surface area contributed by atoms with E-state index in [4.69, 9.17) is 22.3 Å². The Morgan fingerprint density at radius 2 is 1.40 bits per heavy atom. The van der Waals surface area contributed by atoms with E-state index in [1.165, 1.54) is 0 Å². The molecule has 0 aromatic carbocycles. The van der Waals surface area contributed by atoms with Crippen LogP contribution >= 0.6 is 0 Å². The Kier molecular flexibility index (Phi) is 2.86. The number of hydrogen-bond donors (Lipinski definition) is 4. The molecule has 0 aromatic rings. The summed E-state index contributed by atoms with van der Waals surface area (Å²) in [6, 6.07) is 0. The van der Waals surface area contributed by atoms with Crippen LogP contribution in [-0.4, -0.2) is 11.7 Å². The fraction of sp³-hybridized carbons (Fsp3) is 0.667. The van der Waals surface area contributed by atoms with Crippen LogP contribution < -0.4 is 11.5 Å². The fourth-order valence-electron chi connectivity index (χ4n) is 0.886. The van der Waals surface area contributed by atoms with Crippen LogP contribution in [0.15, 0.2) is 0 Å². The summed E-state index contributed by atoms with van der Waals surface area (Å²) in [5.41, 5.74) is 10.4. The molecule has 6 N–H and O–H groups in total. The van der Waals surface area contributed by atoms with Gasteiger partial charge in [-0.3, -0.25) is 10.8 Å². The van der Waals surface area contributed by atoms with Crippen molar-refractivity contribution in [3.05, 3.63) is 0 Å². The maximum absolute atomic E-state index is 7.07. The lowest BCUT2D eigenvalue weighted by Crippen LogP contribution is -2.37. The first-order valence-electron chi connectivity index (χ1n) is 3.14. The minimum atomic E-state index is -0.389. The van der Waals surface area contributed by atoms with E-state index in [0.717, 1.165) is 0 Å². The highest BCUT2D eigenvalue weighted by Crippen LogP contribution is 2.08. The Morgan fingerprint density at radius 3 is 1.40 bits per heavy atom. The van der Waals surface area contributed by atoms with Crippen LogP contribution in [0, 0.1) is 22.7 Å². The Hall–Kier alpha value is -1.06. The zero-order valence-electron chi connectivity index (χ0n) is 6.31. The summed E-state index contributed by atoms with van der Waals surface area (Å²) in [5, 5.41) is 14.1. The summed E-state index contributed by atoms with van der Waals surface area (Å²) in [6.45, 7) is 3.76. The van der Waals surface area contributed by atoms with Gasteiger partial charge in [0.05, 0.1) is 5.92 Å². The van der Waals surface area contributed by atoms with Crippen molar-refractivity contribution in [2.24, 2.45) is 23.3 Å². The normalized spacial score (nSPS) is 13.1. The molecule has 0 aliphatic rings. The van der Waals surface area contributed by atoms with E-state index in [1.54, 1.807) is 0 Å². The molecule has 10 heavy (non-hydrogen) atoms. The van der Waals surface area contributed by atoms with Gasteiger partial charge >= 0.3 is 0 Å². The van der Waals surface area contributed by atoms with Gasteiger partial charge in [-0.15, -0.1) is 0 Å². The highest BCUT2D eigenvalue weighted by atomic mass is 14.8. The zero-order valence-corrected chi connectivity index (χ0v) is 6.31. The van der Waals surface area contributed by atoms with Crippen molar-refractivity contribution in [1.29, 1.82) is 10.8 Å². The van der Waals surface area contributed by atoms with E-state index < -0.39 is 0 Å². The second-order valence-corrected chi connectivity index (χ2v) is 2.63. The Bertz CT molecular complexity index is 136. The third-order valence-electron chi connectivity index (χ3n) is 1.34. The van der Waals surface area contributed by atoms with Gasteiger partial charge in [0.2, 0.25) is 0 Å². The van der Waals surface area contributed by atoms with E-state index in [-0.39, 0.29) is 23.5 Å². The van der Waals surface area contributed by atoms with Crippen LogP contribution in [0.1, 0.15) is 13.8 Å².